The van der Waals surface area contributed by atoms with Crippen molar-refractivity contribution in [1.82, 2.24) is 0 Å². The predicted octanol–water partition coefficient (Wildman–Crippen LogP) is 4.27. The fourth-order valence-corrected chi connectivity index (χ4v) is 3.01. The molecular formula is C26H23N3O5. The summed E-state index contributed by atoms with van der Waals surface area (Å²) in [5.41, 5.74) is 1.60. The van der Waals surface area contributed by atoms with E-state index in [4.69, 9.17) is 14.2 Å². The third kappa shape index (κ3) is 6.37. The van der Waals surface area contributed by atoms with Crippen LogP contribution in [-0.2, 0) is 9.59 Å². The average Bonchev–Trinajstić information content (AvgIpc) is 2.87. The van der Waals surface area contributed by atoms with Gasteiger partial charge in [-0.05, 0) is 48.0 Å². The Hall–Kier alpha value is -4.77. The molecule has 0 fully saturated rings. The summed E-state index contributed by atoms with van der Waals surface area (Å²) < 4.78 is 16.2. The highest BCUT2D eigenvalue weighted by molar-refractivity contribution is 6.09. The molecule has 8 nitrogen and oxygen atoms in total. The van der Waals surface area contributed by atoms with Crippen LogP contribution >= 0.6 is 0 Å². The van der Waals surface area contributed by atoms with Crippen molar-refractivity contribution in [2.24, 2.45) is 0 Å². The van der Waals surface area contributed by atoms with Crippen LogP contribution in [0.4, 0.5) is 11.4 Å². The summed E-state index contributed by atoms with van der Waals surface area (Å²) in [4.78, 5) is 24.7. The SMILES string of the molecule is COc1ccccc1NC(=O)COc1ccc(/C=C(/C#N)C(=O)Nc2ccccc2)cc1OC. The van der Waals surface area contributed by atoms with E-state index in [0.29, 0.717) is 34.2 Å². The second kappa shape index (κ2) is 11.7. The molecule has 0 aromatic heterocycles. The van der Waals surface area contributed by atoms with E-state index >= 15 is 0 Å². The minimum atomic E-state index is -0.527. The van der Waals surface area contributed by atoms with E-state index in [-0.39, 0.29) is 18.1 Å². The molecule has 0 heterocycles. The predicted molar refractivity (Wildman–Crippen MR) is 129 cm³/mol. The number of anilines is 2. The Morgan fingerprint density at radius 1 is 0.882 bits per heavy atom. The van der Waals surface area contributed by atoms with Crippen LogP contribution in [0.5, 0.6) is 17.2 Å². The molecular weight excluding hydrogens is 434 g/mol. The minimum absolute atomic E-state index is 0.0734. The molecule has 172 valence electrons. The maximum absolute atomic E-state index is 12.4. The zero-order chi connectivity index (χ0) is 24.3. The van der Waals surface area contributed by atoms with Crippen molar-refractivity contribution < 1.29 is 23.8 Å². The van der Waals surface area contributed by atoms with Crippen LogP contribution in [0.2, 0.25) is 0 Å². The van der Waals surface area contributed by atoms with Gasteiger partial charge in [0, 0.05) is 5.69 Å². The fraction of sp³-hybridized carbons (Fsp3) is 0.115. The van der Waals surface area contributed by atoms with Crippen molar-refractivity contribution in [3.8, 4) is 23.3 Å². The molecule has 0 unspecified atom stereocenters. The van der Waals surface area contributed by atoms with Crippen molar-refractivity contribution in [2.45, 2.75) is 0 Å². The number of carbonyl (C=O) groups is 2. The number of hydrogen-bond donors (Lipinski definition) is 2. The van der Waals surface area contributed by atoms with Crippen LogP contribution in [-0.4, -0.2) is 32.6 Å². The van der Waals surface area contributed by atoms with Gasteiger partial charge in [-0.25, -0.2) is 0 Å². The van der Waals surface area contributed by atoms with Crippen LogP contribution in [0.1, 0.15) is 5.56 Å². The molecule has 0 aliphatic carbocycles. The van der Waals surface area contributed by atoms with Gasteiger partial charge >= 0.3 is 0 Å². The van der Waals surface area contributed by atoms with Gasteiger partial charge in [0.2, 0.25) is 0 Å². The number of nitrogens with zero attached hydrogens (tertiary/aromatic N) is 1. The van der Waals surface area contributed by atoms with Gasteiger partial charge in [-0.1, -0.05) is 36.4 Å². The molecule has 0 aliphatic rings. The van der Waals surface area contributed by atoms with Crippen LogP contribution in [0.15, 0.2) is 78.4 Å². The molecule has 0 atom stereocenters. The molecule has 0 radical (unpaired) electrons. The van der Waals surface area contributed by atoms with E-state index in [1.165, 1.54) is 20.3 Å². The number of nitrogens with one attached hydrogen (secondary N) is 2. The van der Waals surface area contributed by atoms with Gasteiger partial charge in [-0.3, -0.25) is 9.59 Å². The van der Waals surface area contributed by atoms with Gasteiger partial charge < -0.3 is 24.8 Å². The Bertz CT molecular complexity index is 1230. The van der Waals surface area contributed by atoms with Crippen molar-refractivity contribution in [3.63, 3.8) is 0 Å². The summed E-state index contributed by atoms with van der Waals surface area (Å²) in [6.07, 6.45) is 1.44. The molecule has 0 aliphatic heterocycles. The summed E-state index contributed by atoms with van der Waals surface area (Å²) >= 11 is 0. The minimum Gasteiger partial charge on any atom is -0.495 e. The number of amides is 2. The topological polar surface area (TPSA) is 110 Å². The molecule has 2 amide bonds. The monoisotopic (exact) mass is 457 g/mol. The second-order valence-electron chi connectivity index (χ2n) is 6.94. The molecule has 0 saturated heterocycles. The summed E-state index contributed by atoms with van der Waals surface area (Å²) in [7, 11) is 2.98. The molecule has 3 aromatic carbocycles. The van der Waals surface area contributed by atoms with Crippen LogP contribution in [0.3, 0.4) is 0 Å². The molecule has 0 spiro atoms. The highest BCUT2D eigenvalue weighted by Crippen LogP contribution is 2.29. The summed E-state index contributed by atoms with van der Waals surface area (Å²) in [6, 6.07) is 22.7. The quantitative estimate of drug-likeness (QED) is 0.367. The highest BCUT2D eigenvalue weighted by atomic mass is 16.5. The first kappa shape index (κ1) is 23.9. The highest BCUT2D eigenvalue weighted by Gasteiger charge is 2.13. The second-order valence-corrected chi connectivity index (χ2v) is 6.94. The number of nitriles is 1. The van der Waals surface area contributed by atoms with Crippen LogP contribution in [0, 0.1) is 11.3 Å². The maximum Gasteiger partial charge on any atom is 0.266 e. The lowest BCUT2D eigenvalue weighted by Crippen LogP contribution is -2.20. The van der Waals surface area contributed by atoms with Gasteiger partial charge in [0.25, 0.3) is 11.8 Å². The van der Waals surface area contributed by atoms with E-state index in [2.05, 4.69) is 10.6 Å². The Labute approximate surface area is 197 Å². The number of carbonyl (C=O) groups excluding carboxylic acids is 2. The number of ether oxygens (including phenoxy) is 3. The average molecular weight is 457 g/mol. The third-order valence-electron chi connectivity index (χ3n) is 4.64. The molecule has 8 heteroatoms. The molecule has 0 saturated carbocycles. The lowest BCUT2D eigenvalue weighted by atomic mass is 10.1. The third-order valence-corrected chi connectivity index (χ3v) is 4.64. The van der Waals surface area contributed by atoms with E-state index in [0.717, 1.165) is 0 Å². The lowest BCUT2D eigenvalue weighted by Gasteiger charge is -2.13. The number of rotatable bonds is 9. The largest absolute Gasteiger partial charge is 0.495 e. The normalized spacial score (nSPS) is 10.6. The Morgan fingerprint density at radius 3 is 2.29 bits per heavy atom. The van der Waals surface area contributed by atoms with E-state index in [1.807, 2.05) is 12.1 Å². The molecule has 3 aromatic rings. The first-order chi connectivity index (χ1) is 16.5. The first-order valence-corrected chi connectivity index (χ1v) is 10.3. The summed E-state index contributed by atoms with van der Waals surface area (Å²) in [6.45, 7) is -0.257. The molecule has 0 bridgehead atoms. The van der Waals surface area contributed by atoms with Gasteiger partial charge in [-0.2, -0.15) is 5.26 Å². The number of hydrogen-bond acceptors (Lipinski definition) is 6. The molecule has 3 rings (SSSR count). The first-order valence-electron chi connectivity index (χ1n) is 10.3. The van der Waals surface area contributed by atoms with Crippen molar-refractivity contribution in [1.29, 1.82) is 5.26 Å². The van der Waals surface area contributed by atoms with Gasteiger partial charge in [0.15, 0.2) is 18.1 Å². The van der Waals surface area contributed by atoms with Crippen LogP contribution < -0.4 is 24.8 Å². The summed E-state index contributed by atoms with van der Waals surface area (Å²) in [5, 5.41) is 14.8. The Balaban J connectivity index is 1.68. The maximum atomic E-state index is 12.4. The number of benzene rings is 3. The Morgan fingerprint density at radius 2 is 1.59 bits per heavy atom. The van der Waals surface area contributed by atoms with Gasteiger partial charge in [0.05, 0.1) is 19.9 Å². The van der Waals surface area contributed by atoms with Gasteiger partial charge in [0.1, 0.15) is 17.4 Å². The molecule has 34 heavy (non-hydrogen) atoms. The zero-order valence-electron chi connectivity index (χ0n) is 18.7. The standard InChI is InChI=1S/C26H23N3O5/c1-32-22-11-7-6-10-21(22)29-25(30)17-34-23-13-12-18(15-24(23)33-2)14-19(16-27)26(31)28-20-8-4-3-5-9-20/h3-15H,17H2,1-2H3,(H,28,31)(H,29,30)/b19-14-. The van der Waals surface area contributed by atoms with Crippen molar-refractivity contribution in [3.05, 3.63) is 83.9 Å². The smallest absolute Gasteiger partial charge is 0.266 e. The van der Waals surface area contributed by atoms with E-state index < -0.39 is 5.91 Å². The van der Waals surface area contributed by atoms with Gasteiger partial charge in [-0.15, -0.1) is 0 Å². The molecule has 2 N–H and O–H groups in total. The number of para-hydroxylation sites is 3. The number of methoxy groups -OCH3 is 2. The summed E-state index contributed by atoms with van der Waals surface area (Å²) in [5.74, 6) is 0.316. The Kier molecular flexibility index (Phi) is 8.25. The van der Waals surface area contributed by atoms with E-state index in [9.17, 15) is 14.9 Å². The van der Waals surface area contributed by atoms with Crippen LogP contribution in [0.25, 0.3) is 6.08 Å². The van der Waals surface area contributed by atoms with E-state index in [1.54, 1.807) is 66.7 Å². The van der Waals surface area contributed by atoms with Crippen molar-refractivity contribution in [2.75, 3.05) is 31.5 Å². The zero-order valence-corrected chi connectivity index (χ0v) is 18.7. The lowest BCUT2D eigenvalue weighted by molar-refractivity contribution is -0.118. The fourth-order valence-electron chi connectivity index (χ4n) is 3.01. The van der Waals surface area contributed by atoms with Crippen molar-refractivity contribution >= 4 is 29.3 Å².